The molecule has 3 radical (unpaired) electrons. The maximum Gasteiger partial charge on any atom is 1.00 e. The van der Waals surface area contributed by atoms with E-state index in [2.05, 4.69) is 53.5 Å². The van der Waals surface area contributed by atoms with Gasteiger partial charge in [-0.15, -0.1) is 0 Å². The standard InChI is InChI=1S/C23H25FN4O3.C23H27FN4O.C19H19FN4O3.C4H6O4.C4H6O.C2H3BO2.Na/c24-19-7-4-15(5-8-19)16-6-9-22(28(30)31)21(10-16)25-23(29)27-13-17-11-26(12-18(17)14-27)20-2-1-3-20;24-19-7-4-15(5-8-19)16-6-9-21(25)22(10-16)26-23(29)28-13-17-11-27(12-18(17)14-28)20-2-1-3-20;20-16-4-1-12(2-5-16)13-3-6-18(24(26)27)17(7-13)22-19(25)23-10-14-8-21-9-15(14)11-23;1-3(5)7-8-4(2)6;5-4-2-1-3-4;1-2(4)5-3;/h4-10,17-18,20H,1-3,11-14H2,(H,25,29);4-10,17-18,20H,1-3,11-14,25H2,(H,26,29);1-7,14-15,21H,8-11H2,(H,22,25);1-2H3;1-3H2;1H3;/q;;;;;-1;+1. The molecule has 0 bridgehead atoms. The van der Waals surface area contributed by atoms with Crippen molar-refractivity contribution < 1.29 is 101 Å². The Morgan fingerprint density at radius 2 is 0.755 bits per heavy atom. The van der Waals surface area contributed by atoms with Gasteiger partial charge in [0.2, 0.25) is 5.97 Å². The van der Waals surface area contributed by atoms with Crippen molar-refractivity contribution in [3.8, 4) is 33.4 Å². The second-order valence-corrected chi connectivity index (χ2v) is 27.8. The number of halogens is 3. The Hall–Kier alpha value is -9.46. The third-order valence-corrected chi connectivity index (χ3v) is 20.5. The molecular weight excluding hydrogens is 1380 g/mol. The van der Waals surface area contributed by atoms with Gasteiger partial charge in [-0.3, -0.25) is 39.6 Å². The summed E-state index contributed by atoms with van der Waals surface area (Å²) in [6.07, 6.45) is 10.8. The number of fused-ring (bicyclic) bond motifs is 3. The largest absolute Gasteiger partial charge is 1.00 e. The van der Waals surface area contributed by atoms with Gasteiger partial charge in [0.05, 0.1) is 21.2 Å². The Morgan fingerprint density at radius 1 is 0.462 bits per heavy atom. The summed E-state index contributed by atoms with van der Waals surface area (Å²) in [7, 11) is 4.32. The van der Waals surface area contributed by atoms with Crippen LogP contribution in [0, 0.1) is 73.2 Å². The van der Waals surface area contributed by atoms with Crippen LogP contribution in [0.5, 0.6) is 0 Å². The fraction of sp³-hybridized carbons (Fsp3) is 0.427. The molecule has 106 heavy (non-hydrogen) atoms. The van der Waals surface area contributed by atoms with Crippen molar-refractivity contribution in [3.05, 3.63) is 165 Å². The molecule has 6 atom stereocenters. The first-order valence-corrected chi connectivity index (χ1v) is 35.2. The van der Waals surface area contributed by atoms with Crippen LogP contribution >= 0.6 is 0 Å². The van der Waals surface area contributed by atoms with Crippen molar-refractivity contribution in [2.24, 2.45) is 35.5 Å². The summed E-state index contributed by atoms with van der Waals surface area (Å²) >= 11 is 0. The van der Waals surface area contributed by atoms with Gasteiger partial charge in [-0.05, 0) is 174 Å². The van der Waals surface area contributed by atoms with Gasteiger partial charge in [0, 0.05) is 136 Å². The summed E-state index contributed by atoms with van der Waals surface area (Å²) in [4.78, 5) is 118. The summed E-state index contributed by atoms with van der Waals surface area (Å²) in [6.45, 7) is 13.9. The number of amides is 6. The maximum atomic E-state index is 13.2. The second-order valence-electron chi connectivity index (χ2n) is 27.8. The third kappa shape index (κ3) is 21.9. The van der Waals surface area contributed by atoms with E-state index in [1.807, 2.05) is 17.0 Å². The molecule has 6 aromatic carbocycles. The zero-order chi connectivity index (χ0) is 75.0. The molecule has 6 amide bonds. The number of nitro benzene ring substituents is 2. The van der Waals surface area contributed by atoms with Crippen molar-refractivity contribution in [2.75, 3.05) is 100 Å². The number of hydrogen-bond acceptors (Lipinski definition) is 18. The van der Waals surface area contributed by atoms with Gasteiger partial charge in [0.15, 0.2) is 0 Å². The summed E-state index contributed by atoms with van der Waals surface area (Å²) in [6, 6.07) is 33.4. The van der Waals surface area contributed by atoms with Gasteiger partial charge in [0.1, 0.15) is 34.6 Å². The summed E-state index contributed by atoms with van der Waals surface area (Å²) in [5.41, 5.74) is 11.8. The van der Waals surface area contributed by atoms with Gasteiger partial charge in [0.25, 0.3) is 11.4 Å². The number of rotatable bonds is 10. The van der Waals surface area contributed by atoms with Crippen molar-refractivity contribution in [2.45, 2.75) is 90.6 Å². The fourth-order valence-corrected chi connectivity index (χ4v) is 14.3. The quantitative estimate of drug-likeness (QED) is 0.0281. The average Bonchev–Trinajstić information content (AvgIpc) is 1.63. The Labute approximate surface area is 635 Å². The number of carbonyl (C=O) groups is 7. The number of urea groups is 3. The van der Waals surface area contributed by atoms with E-state index >= 15 is 0 Å². The van der Waals surface area contributed by atoms with E-state index in [1.165, 1.54) is 94.0 Å². The molecule has 6 N–H and O–H groups in total. The van der Waals surface area contributed by atoms with E-state index < -0.39 is 27.8 Å². The summed E-state index contributed by atoms with van der Waals surface area (Å²) in [5, 5.41) is 34.6. The zero-order valence-electron chi connectivity index (χ0n) is 59.7. The smallest absolute Gasteiger partial charge is 0.793 e. The van der Waals surface area contributed by atoms with Crippen molar-refractivity contribution in [3.63, 3.8) is 0 Å². The number of ketones is 1. The SMILES string of the molecule is CC(=O)OOC(C)=O.Nc1ccc(-c2ccc(F)cc2)cc1NC(=O)N1CC2CN(C3CCC3)CC2C1.O=C(Nc1cc(-c2ccc(F)cc2)ccc1[N+](=O)[O-])N1CC2CN(C3CCC3)CC2C1.O=C(Nc1cc(-c2ccc(F)cc2)ccc1[N+](=O)[O-])N1CC2CNCC2C1.O=C1CCC1.[B-]OC(C)=O.[Na+]. The number of likely N-dealkylation sites (tertiary alicyclic amines) is 5. The molecule has 6 saturated heterocycles. The third-order valence-electron chi connectivity index (χ3n) is 20.5. The normalized spacial score (nSPS) is 20.9. The molecule has 15 rings (SSSR count). The maximum absolute atomic E-state index is 13.2. The number of hydrogen-bond donors (Lipinski definition) is 5. The number of nitrogens with zero attached hydrogens (tertiary/aromatic N) is 7. The Kier molecular flexibility index (Phi) is 28.7. The van der Waals surface area contributed by atoms with Crippen LogP contribution in [0.2, 0.25) is 0 Å². The van der Waals surface area contributed by atoms with Gasteiger partial charge in [-0.2, -0.15) is 0 Å². The van der Waals surface area contributed by atoms with Gasteiger partial charge >= 0.3 is 59.6 Å². The number of carbonyl (C=O) groups excluding carboxylic acids is 7. The molecular formula is C75H86BF3N12NaO14. The molecule has 0 spiro atoms. The number of nitrogen functional groups attached to an aromatic ring is 1. The Bertz CT molecular complexity index is 4060. The number of benzene rings is 6. The molecule has 9 aliphatic rings. The molecule has 9 fully saturated rings. The molecule has 6 aromatic rings. The van der Waals surface area contributed by atoms with Crippen molar-refractivity contribution in [1.29, 1.82) is 0 Å². The van der Waals surface area contributed by atoms with E-state index in [-0.39, 0.29) is 87.9 Å². The number of anilines is 4. The first kappa shape index (κ1) is 80.6. The second kappa shape index (κ2) is 37.7. The van der Waals surface area contributed by atoms with E-state index in [0.717, 1.165) is 114 Å². The molecule has 3 aliphatic carbocycles. The molecule has 3 saturated carbocycles. The van der Waals surface area contributed by atoms with Crippen LogP contribution in [0.15, 0.2) is 127 Å². The molecule has 31 heteroatoms. The van der Waals surface area contributed by atoms with Crippen LogP contribution in [0.4, 0.5) is 61.7 Å². The van der Waals surface area contributed by atoms with Gasteiger partial charge in [-0.1, -0.05) is 55.3 Å². The van der Waals surface area contributed by atoms with Crippen LogP contribution in [-0.4, -0.2) is 175 Å². The van der Waals surface area contributed by atoms with Crippen LogP contribution in [-0.2, 0) is 33.6 Å². The molecule has 0 aromatic heterocycles. The predicted octanol–water partition coefficient (Wildman–Crippen LogP) is 8.86. The van der Waals surface area contributed by atoms with E-state index in [0.29, 0.717) is 95.5 Å². The minimum atomic E-state index is -0.639. The summed E-state index contributed by atoms with van der Waals surface area (Å²) < 4.78 is 43.2. The van der Waals surface area contributed by atoms with E-state index in [4.69, 9.17) is 5.73 Å². The predicted molar refractivity (Wildman–Crippen MR) is 387 cm³/mol. The number of Topliss-reactive ketones (excluding diaryl/α,β-unsaturated/α-hetero) is 1. The Balaban J connectivity index is 0.000000164. The minimum absolute atomic E-state index is 0. The van der Waals surface area contributed by atoms with E-state index in [9.17, 15) is 67.0 Å². The van der Waals surface area contributed by atoms with E-state index in [1.54, 1.807) is 76.5 Å². The average molecular weight is 1470 g/mol. The van der Waals surface area contributed by atoms with Crippen molar-refractivity contribution >= 4 is 84.0 Å². The van der Waals surface area contributed by atoms with Gasteiger partial charge < -0.3 is 54.4 Å². The zero-order valence-corrected chi connectivity index (χ0v) is 61.7. The van der Waals surface area contributed by atoms with Crippen LogP contribution in [0.1, 0.15) is 78.6 Å². The molecule has 6 unspecified atom stereocenters. The number of nitro groups is 2. The van der Waals surface area contributed by atoms with Gasteiger partial charge in [-0.25, -0.2) is 46.9 Å². The monoisotopic (exact) mass is 1470 g/mol. The van der Waals surface area contributed by atoms with Crippen LogP contribution in [0.3, 0.4) is 0 Å². The number of nitrogens with two attached hydrogens (primary N) is 1. The minimum Gasteiger partial charge on any atom is -0.793 e. The first-order chi connectivity index (χ1) is 50.3. The first-order valence-electron chi connectivity index (χ1n) is 35.2. The van der Waals surface area contributed by atoms with Crippen LogP contribution < -0.4 is 56.6 Å². The molecule has 6 heterocycles. The summed E-state index contributed by atoms with van der Waals surface area (Å²) in [5.74, 6) is 0.723. The van der Waals surface area contributed by atoms with Crippen molar-refractivity contribution in [1.82, 2.24) is 29.8 Å². The molecule has 26 nitrogen and oxygen atoms in total. The topological polar surface area (TPSA) is 324 Å². The molecule has 6 aliphatic heterocycles. The fourth-order valence-electron chi connectivity index (χ4n) is 14.3. The Morgan fingerprint density at radius 3 is 1.03 bits per heavy atom. The molecule has 555 valence electrons. The number of nitrogens with one attached hydrogen (secondary N) is 4. The van der Waals surface area contributed by atoms with Crippen LogP contribution in [0.25, 0.3) is 33.4 Å².